The number of fused-ring (bicyclic) bond motifs is 1. The first-order valence-electron chi connectivity index (χ1n) is 9.06. The molecule has 0 aliphatic carbocycles. The van der Waals surface area contributed by atoms with Gasteiger partial charge in [-0.3, -0.25) is 4.79 Å². The highest BCUT2D eigenvalue weighted by Gasteiger charge is 2.06. The van der Waals surface area contributed by atoms with E-state index in [0.29, 0.717) is 6.42 Å². The predicted octanol–water partition coefficient (Wildman–Crippen LogP) is 4.88. The minimum absolute atomic E-state index is 0.108. The second-order valence-electron chi connectivity index (χ2n) is 6.49. The lowest BCUT2D eigenvalue weighted by Crippen LogP contribution is -2.21. The van der Waals surface area contributed by atoms with Crippen molar-refractivity contribution in [1.29, 1.82) is 0 Å². The van der Waals surface area contributed by atoms with Crippen LogP contribution >= 0.6 is 0 Å². The summed E-state index contributed by atoms with van der Waals surface area (Å²) in [6.45, 7) is 4.08. The van der Waals surface area contributed by atoms with Gasteiger partial charge < -0.3 is 0 Å². The normalized spacial score (nSPS) is 11.5. The van der Waals surface area contributed by atoms with Gasteiger partial charge in [-0.15, -0.1) is 0 Å². The summed E-state index contributed by atoms with van der Waals surface area (Å²) in [5, 5.41) is 6.52. The van der Waals surface area contributed by atoms with Crippen LogP contribution < -0.4 is 5.43 Å². The van der Waals surface area contributed by atoms with Crippen LogP contribution in [0.25, 0.3) is 10.8 Å². The van der Waals surface area contributed by atoms with Crippen LogP contribution in [0, 0.1) is 0 Å². The van der Waals surface area contributed by atoms with Crippen molar-refractivity contribution in [3.63, 3.8) is 0 Å². The average Bonchev–Trinajstić information content (AvgIpc) is 2.67. The van der Waals surface area contributed by atoms with Gasteiger partial charge in [0.2, 0.25) is 5.91 Å². The first-order valence-corrected chi connectivity index (χ1v) is 9.06. The molecule has 0 saturated heterocycles. The van der Waals surface area contributed by atoms with Crippen molar-refractivity contribution in [2.75, 3.05) is 0 Å². The van der Waals surface area contributed by atoms with E-state index >= 15 is 0 Å². The molecule has 0 aliphatic heterocycles. The molecule has 0 spiro atoms. The van der Waals surface area contributed by atoms with Gasteiger partial charge in [-0.05, 0) is 40.8 Å². The third kappa shape index (κ3) is 4.37. The van der Waals surface area contributed by atoms with Crippen LogP contribution in [0.4, 0.5) is 0 Å². The van der Waals surface area contributed by atoms with Crippen LogP contribution in [0.15, 0.2) is 71.8 Å². The lowest BCUT2D eigenvalue weighted by molar-refractivity contribution is -0.120. The van der Waals surface area contributed by atoms with E-state index in [9.17, 15) is 4.79 Å². The zero-order chi connectivity index (χ0) is 18.4. The number of benzene rings is 3. The topological polar surface area (TPSA) is 41.5 Å². The zero-order valence-electron chi connectivity index (χ0n) is 15.3. The summed E-state index contributed by atoms with van der Waals surface area (Å²) in [5.74, 6) is -0.108. The summed E-state index contributed by atoms with van der Waals surface area (Å²) < 4.78 is 0. The molecule has 1 N–H and O–H groups in total. The third-order valence-corrected chi connectivity index (χ3v) is 4.49. The summed E-state index contributed by atoms with van der Waals surface area (Å²) in [4.78, 5) is 12.3. The van der Waals surface area contributed by atoms with Gasteiger partial charge in [0.1, 0.15) is 0 Å². The van der Waals surface area contributed by atoms with Gasteiger partial charge in [0.25, 0.3) is 0 Å². The van der Waals surface area contributed by atoms with Crippen molar-refractivity contribution < 1.29 is 4.79 Å². The monoisotopic (exact) mass is 344 g/mol. The Labute approximate surface area is 154 Å². The minimum Gasteiger partial charge on any atom is -0.273 e. The lowest BCUT2D eigenvalue weighted by atomic mass is 10.0. The minimum atomic E-state index is -0.108. The molecule has 0 unspecified atom stereocenters. The summed E-state index contributed by atoms with van der Waals surface area (Å²) in [6, 6.07) is 22.5. The summed E-state index contributed by atoms with van der Waals surface area (Å²) in [7, 11) is 0. The molecular weight excluding hydrogens is 320 g/mol. The molecule has 3 rings (SSSR count). The molecule has 0 aromatic heterocycles. The van der Waals surface area contributed by atoms with E-state index in [4.69, 9.17) is 0 Å². The Morgan fingerprint density at radius 1 is 0.962 bits per heavy atom. The van der Waals surface area contributed by atoms with Crippen molar-refractivity contribution >= 4 is 22.4 Å². The molecular formula is C23H24N2O. The fraction of sp³-hybridized carbons (Fsp3) is 0.217. The van der Waals surface area contributed by atoms with E-state index in [1.165, 1.54) is 5.56 Å². The molecule has 0 atom stereocenters. The maximum absolute atomic E-state index is 12.3. The molecule has 0 heterocycles. The summed E-state index contributed by atoms with van der Waals surface area (Å²) in [5.41, 5.74) is 6.85. The van der Waals surface area contributed by atoms with Gasteiger partial charge in [-0.2, -0.15) is 5.10 Å². The first-order chi connectivity index (χ1) is 12.7. The Morgan fingerprint density at radius 2 is 1.69 bits per heavy atom. The van der Waals surface area contributed by atoms with E-state index in [0.717, 1.165) is 40.5 Å². The number of hydrogen-bond donors (Lipinski definition) is 1. The maximum Gasteiger partial charge on any atom is 0.244 e. The van der Waals surface area contributed by atoms with Gasteiger partial charge in [0, 0.05) is 0 Å². The average molecular weight is 344 g/mol. The van der Waals surface area contributed by atoms with Crippen LogP contribution in [0.1, 0.15) is 37.0 Å². The van der Waals surface area contributed by atoms with Gasteiger partial charge in [-0.25, -0.2) is 5.43 Å². The molecule has 0 fully saturated rings. The Hall–Kier alpha value is -2.94. The van der Waals surface area contributed by atoms with E-state index in [1.54, 1.807) is 0 Å². The largest absolute Gasteiger partial charge is 0.273 e. The maximum atomic E-state index is 12.3. The van der Waals surface area contributed by atoms with Gasteiger partial charge in [-0.1, -0.05) is 80.1 Å². The second kappa shape index (κ2) is 8.43. The number of amides is 1. The first kappa shape index (κ1) is 17.9. The molecule has 3 nitrogen and oxygen atoms in total. The fourth-order valence-corrected chi connectivity index (χ4v) is 3.07. The molecule has 0 aliphatic rings. The molecule has 3 aromatic carbocycles. The van der Waals surface area contributed by atoms with Crippen LogP contribution in [-0.4, -0.2) is 11.6 Å². The summed E-state index contributed by atoms with van der Waals surface area (Å²) in [6.07, 6.45) is 2.53. The molecule has 0 saturated carbocycles. The van der Waals surface area contributed by atoms with E-state index in [1.807, 2.05) is 37.3 Å². The van der Waals surface area contributed by atoms with Crippen molar-refractivity contribution in [1.82, 2.24) is 5.43 Å². The Bertz CT molecular complexity index is 921. The van der Waals surface area contributed by atoms with Gasteiger partial charge >= 0.3 is 0 Å². The number of carbonyl (C=O) groups excluding carboxylic acids is 1. The highest BCUT2D eigenvalue weighted by atomic mass is 16.2. The molecule has 0 bridgehead atoms. The second-order valence-corrected chi connectivity index (χ2v) is 6.49. The van der Waals surface area contributed by atoms with Gasteiger partial charge in [0.15, 0.2) is 0 Å². The fourth-order valence-electron chi connectivity index (χ4n) is 3.07. The number of aryl methyl sites for hydroxylation is 1. The number of hydrogen-bond acceptors (Lipinski definition) is 2. The van der Waals surface area contributed by atoms with Crippen LogP contribution in [-0.2, 0) is 17.6 Å². The zero-order valence-corrected chi connectivity index (χ0v) is 15.3. The third-order valence-electron chi connectivity index (χ3n) is 4.49. The van der Waals surface area contributed by atoms with E-state index in [-0.39, 0.29) is 5.91 Å². The standard InChI is InChI=1S/C23H24N2O/c1-3-7-18-12-14-19(15-13-18)17(2)24-25-23(26)16-21-10-6-9-20-8-4-5-11-22(20)21/h4-6,8-15H,3,7,16H2,1-2H3,(H,25,26)/b24-17+. The molecule has 26 heavy (non-hydrogen) atoms. The Kier molecular flexibility index (Phi) is 5.80. The quantitative estimate of drug-likeness (QED) is 0.503. The summed E-state index contributed by atoms with van der Waals surface area (Å²) >= 11 is 0. The number of nitrogens with one attached hydrogen (secondary N) is 1. The highest BCUT2D eigenvalue weighted by Crippen LogP contribution is 2.18. The van der Waals surface area contributed by atoms with Crippen molar-refractivity contribution in [3.8, 4) is 0 Å². The number of nitrogens with zero attached hydrogens (tertiary/aromatic N) is 1. The van der Waals surface area contributed by atoms with Crippen LogP contribution in [0.2, 0.25) is 0 Å². The van der Waals surface area contributed by atoms with Crippen molar-refractivity contribution in [2.24, 2.45) is 5.10 Å². The van der Waals surface area contributed by atoms with Crippen LogP contribution in [0.5, 0.6) is 0 Å². The number of carbonyl (C=O) groups is 1. The van der Waals surface area contributed by atoms with E-state index in [2.05, 4.69) is 53.8 Å². The number of hydrazone groups is 1. The SMILES string of the molecule is CCCc1ccc(/C(C)=N/NC(=O)Cc2cccc3ccccc23)cc1. The van der Waals surface area contributed by atoms with E-state index < -0.39 is 0 Å². The van der Waals surface area contributed by atoms with Gasteiger partial charge in [0.05, 0.1) is 12.1 Å². The highest BCUT2D eigenvalue weighted by molar-refractivity contribution is 5.99. The molecule has 132 valence electrons. The predicted molar refractivity (Wildman–Crippen MR) is 108 cm³/mol. The smallest absolute Gasteiger partial charge is 0.244 e. The van der Waals surface area contributed by atoms with Crippen LogP contribution in [0.3, 0.4) is 0 Å². The molecule has 1 amide bonds. The number of rotatable bonds is 6. The Balaban J connectivity index is 1.66. The molecule has 0 radical (unpaired) electrons. The molecule has 3 heteroatoms. The van der Waals surface area contributed by atoms with Crippen molar-refractivity contribution in [2.45, 2.75) is 33.1 Å². The lowest BCUT2D eigenvalue weighted by Gasteiger charge is -2.07. The van der Waals surface area contributed by atoms with Crippen molar-refractivity contribution in [3.05, 3.63) is 83.4 Å². The molecule has 3 aromatic rings. The Morgan fingerprint density at radius 3 is 2.46 bits per heavy atom.